The lowest BCUT2D eigenvalue weighted by Crippen LogP contribution is -2.25. The lowest BCUT2D eigenvalue weighted by atomic mass is 9.85. The molecule has 0 aliphatic carbocycles. The third-order valence-electron chi connectivity index (χ3n) is 4.58. The van der Waals surface area contributed by atoms with Crippen LogP contribution in [0.4, 0.5) is 0 Å². The number of halogens is 1. The summed E-state index contributed by atoms with van der Waals surface area (Å²) in [5.74, 6) is 0. The van der Waals surface area contributed by atoms with E-state index in [-0.39, 0.29) is 0 Å². The van der Waals surface area contributed by atoms with Crippen LogP contribution in [0, 0.1) is 5.41 Å². The maximum Gasteiger partial charge on any atom is 0.134 e. The molecule has 2 heterocycles. The Morgan fingerprint density at radius 3 is 2.86 bits per heavy atom. The molecule has 1 aromatic carbocycles. The second kappa shape index (κ2) is 5.94. The van der Waals surface area contributed by atoms with Gasteiger partial charge in [0, 0.05) is 17.5 Å². The second-order valence-electron chi connectivity index (χ2n) is 6.92. The van der Waals surface area contributed by atoms with Crippen molar-refractivity contribution in [3.63, 3.8) is 0 Å². The van der Waals surface area contributed by atoms with Crippen LogP contribution in [0.15, 0.2) is 30.3 Å². The largest absolute Gasteiger partial charge is 0.299 e. The average Bonchev–Trinajstić information content (AvgIpc) is 2.61. The average molecular weight is 303 g/mol. The molecule has 1 aromatic heterocycles. The summed E-state index contributed by atoms with van der Waals surface area (Å²) in [6, 6.07) is 10.4. The Balaban J connectivity index is 1.79. The van der Waals surface area contributed by atoms with Gasteiger partial charge in [0.2, 0.25) is 0 Å². The van der Waals surface area contributed by atoms with Crippen LogP contribution in [0.2, 0.25) is 5.15 Å². The molecule has 3 rings (SSSR count). The molecule has 1 aliphatic rings. The molecule has 0 bridgehead atoms. The molecular formula is C18H23ClN2. The van der Waals surface area contributed by atoms with Crippen molar-refractivity contribution in [2.45, 2.75) is 39.7 Å². The number of hydrogen-bond acceptors (Lipinski definition) is 2. The standard InChI is InChI=1S/C18H23ClN2/c1-18(2)8-5-10-21(11-9-18)13-15-12-14-6-3-4-7-16(14)20-17(15)19/h3-4,6-7,12H,5,8-11,13H2,1-2H3. The number of benzene rings is 1. The lowest BCUT2D eigenvalue weighted by molar-refractivity contribution is 0.256. The van der Waals surface area contributed by atoms with E-state index in [4.69, 9.17) is 11.6 Å². The van der Waals surface area contributed by atoms with E-state index in [1.807, 2.05) is 12.1 Å². The van der Waals surface area contributed by atoms with E-state index in [1.54, 1.807) is 0 Å². The minimum Gasteiger partial charge on any atom is -0.299 e. The maximum absolute atomic E-state index is 6.38. The van der Waals surface area contributed by atoms with Crippen molar-refractivity contribution in [1.29, 1.82) is 0 Å². The van der Waals surface area contributed by atoms with Crippen molar-refractivity contribution in [2.24, 2.45) is 5.41 Å². The van der Waals surface area contributed by atoms with Crippen LogP contribution in [0.3, 0.4) is 0 Å². The summed E-state index contributed by atoms with van der Waals surface area (Å²) in [6.45, 7) is 7.97. The molecule has 112 valence electrons. The van der Waals surface area contributed by atoms with E-state index in [1.165, 1.54) is 24.6 Å². The summed E-state index contributed by atoms with van der Waals surface area (Å²) < 4.78 is 0. The Morgan fingerprint density at radius 2 is 2.00 bits per heavy atom. The predicted molar refractivity (Wildman–Crippen MR) is 89.7 cm³/mol. The summed E-state index contributed by atoms with van der Waals surface area (Å²) in [5.41, 5.74) is 2.60. The zero-order valence-corrected chi connectivity index (χ0v) is 13.7. The Labute approximate surface area is 132 Å². The molecular weight excluding hydrogens is 280 g/mol. The summed E-state index contributed by atoms with van der Waals surface area (Å²) in [7, 11) is 0. The van der Waals surface area contributed by atoms with Gasteiger partial charge in [0.25, 0.3) is 0 Å². The highest BCUT2D eigenvalue weighted by Crippen LogP contribution is 2.31. The zero-order chi connectivity index (χ0) is 14.9. The van der Waals surface area contributed by atoms with Crippen LogP contribution in [0.25, 0.3) is 10.9 Å². The molecule has 21 heavy (non-hydrogen) atoms. The Hall–Kier alpha value is -1.12. The van der Waals surface area contributed by atoms with E-state index >= 15 is 0 Å². The predicted octanol–water partition coefficient (Wildman–Crippen LogP) is 4.90. The van der Waals surface area contributed by atoms with Crippen molar-refractivity contribution < 1.29 is 0 Å². The van der Waals surface area contributed by atoms with E-state index in [0.717, 1.165) is 30.7 Å². The van der Waals surface area contributed by atoms with Gasteiger partial charge >= 0.3 is 0 Å². The molecule has 1 aliphatic heterocycles. The molecule has 1 saturated heterocycles. The number of likely N-dealkylation sites (tertiary alicyclic amines) is 1. The Bertz CT molecular complexity index is 636. The number of fused-ring (bicyclic) bond motifs is 1. The molecule has 0 radical (unpaired) electrons. The maximum atomic E-state index is 6.38. The fourth-order valence-corrected chi connectivity index (χ4v) is 3.33. The molecule has 2 nitrogen and oxygen atoms in total. The topological polar surface area (TPSA) is 16.1 Å². The van der Waals surface area contributed by atoms with Crippen molar-refractivity contribution in [3.8, 4) is 0 Å². The van der Waals surface area contributed by atoms with E-state index < -0.39 is 0 Å². The molecule has 0 saturated carbocycles. The fraction of sp³-hybridized carbons (Fsp3) is 0.500. The van der Waals surface area contributed by atoms with Crippen LogP contribution in [-0.4, -0.2) is 23.0 Å². The van der Waals surface area contributed by atoms with Crippen LogP contribution in [0.5, 0.6) is 0 Å². The highest BCUT2D eigenvalue weighted by molar-refractivity contribution is 6.30. The number of hydrogen-bond donors (Lipinski definition) is 0. The van der Waals surface area contributed by atoms with E-state index in [2.05, 4.69) is 41.9 Å². The van der Waals surface area contributed by atoms with Crippen molar-refractivity contribution in [1.82, 2.24) is 9.88 Å². The van der Waals surface area contributed by atoms with Gasteiger partial charge in [-0.15, -0.1) is 0 Å². The summed E-state index contributed by atoms with van der Waals surface area (Å²) in [5, 5.41) is 1.82. The quantitative estimate of drug-likeness (QED) is 0.733. The van der Waals surface area contributed by atoms with Gasteiger partial charge in [0.15, 0.2) is 0 Å². The number of rotatable bonds is 2. The van der Waals surface area contributed by atoms with Crippen molar-refractivity contribution in [2.75, 3.05) is 13.1 Å². The first-order chi connectivity index (χ1) is 10.0. The summed E-state index contributed by atoms with van der Waals surface area (Å²) in [4.78, 5) is 7.05. The van der Waals surface area contributed by atoms with Crippen LogP contribution >= 0.6 is 11.6 Å². The second-order valence-corrected chi connectivity index (χ2v) is 7.28. The van der Waals surface area contributed by atoms with E-state index in [9.17, 15) is 0 Å². The normalized spacial score (nSPS) is 19.6. The lowest BCUT2D eigenvalue weighted by Gasteiger charge is -2.23. The van der Waals surface area contributed by atoms with Gasteiger partial charge in [-0.3, -0.25) is 4.90 Å². The third kappa shape index (κ3) is 3.56. The first-order valence-electron chi connectivity index (χ1n) is 7.80. The SMILES string of the molecule is CC1(C)CCCN(Cc2cc3ccccc3nc2Cl)CC1. The molecule has 3 heteroatoms. The number of aromatic nitrogens is 1. The monoisotopic (exact) mass is 302 g/mol. The zero-order valence-electron chi connectivity index (χ0n) is 12.9. The smallest absolute Gasteiger partial charge is 0.134 e. The van der Waals surface area contributed by atoms with Gasteiger partial charge in [0.1, 0.15) is 5.15 Å². The first-order valence-corrected chi connectivity index (χ1v) is 8.18. The van der Waals surface area contributed by atoms with Crippen molar-refractivity contribution >= 4 is 22.5 Å². The van der Waals surface area contributed by atoms with Crippen LogP contribution in [0.1, 0.15) is 38.7 Å². The molecule has 2 aromatic rings. The molecule has 1 fully saturated rings. The number of nitrogens with zero attached hydrogens (tertiary/aromatic N) is 2. The highest BCUT2D eigenvalue weighted by atomic mass is 35.5. The number of pyridine rings is 1. The van der Waals surface area contributed by atoms with Gasteiger partial charge in [-0.1, -0.05) is 43.6 Å². The van der Waals surface area contributed by atoms with Gasteiger partial charge < -0.3 is 0 Å². The Kier molecular flexibility index (Phi) is 4.19. The van der Waals surface area contributed by atoms with Crippen molar-refractivity contribution in [3.05, 3.63) is 41.0 Å². The van der Waals surface area contributed by atoms with Crippen LogP contribution in [-0.2, 0) is 6.54 Å². The third-order valence-corrected chi connectivity index (χ3v) is 4.90. The summed E-state index contributed by atoms with van der Waals surface area (Å²) in [6.07, 6.45) is 3.84. The molecule has 0 N–H and O–H groups in total. The van der Waals surface area contributed by atoms with Gasteiger partial charge in [-0.25, -0.2) is 4.98 Å². The Morgan fingerprint density at radius 1 is 1.19 bits per heavy atom. The highest BCUT2D eigenvalue weighted by Gasteiger charge is 2.23. The summed E-state index contributed by atoms with van der Waals surface area (Å²) >= 11 is 6.38. The number of para-hydroxylation sites is 1. The molecule has 0 unspecified atom stereocenters. The fourth-order valence-electron chi connectivity index (χ4n) is 3.12. The van der Waals surface area contributed by atoms with Crippen LogP contribution < -0.4 is 0 Å². The molecule has 0 atom stereocenters. The van der Waals surface area contributed by atoms with Gasteiger partial charge in [-0.2, -0.15) is 0 Å². The van der Waals surface area contributed by atoms with Gasteiger partial charge in [-0.05, 0) is 49.9 Å². The minimum absolute atomic E-state index is 0.472. The first kappa shape index (κ1) is 14.8. The van der Waals surface area contributed by atoms with Gasteiger partial charge in [0.05, 0.1) is 5.52 Å². The molecule has 0 amide bonds. The molecule has 0 spiro atoms. The minimum atomic E-state index is 0.472. The van der Waals surface area contributed by atoms with E-state index in [0.29, 0.717) is 10.6 Å².